The Morgan fingerprint density at radius 2 is 2.11 bits per heavy atom. The molecule has 0 saturated carbocycles. The highest BCUT2D eigenvalue weighted by atomic mass is 32.1. The van der Waals surface area contributed by atoms with Gasteiger partial charge in [-0.05, 0) is 5.56 Å². The molecule has 0 saturated heterocycles. The van der Waals surface area contributed by atoms with Crippen molar-refractivity contribution < 1.29 is 4.79 Å². The van der Waals surface area contributed by atoms with Crippen LogP contribution in [0.15, 0.2) is 41.9 Å². The lowest BCUT2D eigenvalue weighted by molar-refractivity contribution is -0.130. The third-order valence-electron chi connectivity index (χ3n) is 2.72. The van der Waals surface area contributed by atoms with Crippen LogP contribution in [0.2, 0.25) is 0 Å². The molecule has 0 spiro atoms. The van der Waals surface area contributed by atoms with E-state index >= 15 is 0 Å². The fourth-order valence-corrected chi connectivity index (χ4v) is 2.35. The molecule has 1 amide bonds. The van der Waals surface area contributed by atoms with Crippen molar-refractivity contribution in [3.05, 3.63) is 52.5 Å². The molecule has 0 radical (unpaired) electrons. The first-order valence-electron chi connectivity index (χ1n) is 5.92. The Labute approximate surface area is 111 Å². The Bertz CT molecular complexity index is 482. The Kier molecular flexibility index (Phi) is 4.47. The van der Waals surface area contributed by atoms with Gasteiger partial charge < -0.3 is 4.90 Å². The molecule has 1 heterocycles. The van der Waals surface area contributed by atoms with Gasteiger partial charge >= 0.3 is 0 Å². The van der Waals surface area contributed by atoms with Gasteiger partial charge in [-0.25, -0.2) is 4.98 Å². The number of carbonyl (C=O) groups is 1. The van der Waals surface area contributed by atoms with Gasteiger partial charge in [0.2, 0.25) is 5.91 Å². The van der Waals surface area contributed by atoms with Gasteiger partial charge in [-0.15, -0.1) is 11.3 Å². The van der Waals surface area contributed by atoms with Gasteiger partial charge in [0.15, 0.2) is 0 Å². The van der Waals surface area contributed by atoms with E-state index < -0.39 is 0 Å². The van der Waals surface area contributed by atoms with Gasteiger partial charge in [-0.3, -0.25) is 4.79 Å². The van der Waals surface area contributed by atoms with Crippen LogP contribution >= 0.6 is 11.3 Å². The molecule has 0 N–H and O–H groups in total. The molecule has 94 valence electrons. The molecule has 2 aromatic rings. The standard InChI is InChI=1S/C14H16N2OS/c1-16(11-12-5-3-2-4-6-12)14(17)8-7-13-15-9-10-18-13/h2-6,9-10H,7-8,11H2,1H3. The lowest BCUT2D eigenvalue weighted by Gasteiger charge is -2.16. The number of rotatable bonds is 5. The van der Waals surface area contributed by atoms with Crippen LogP contribution in [0.1, 0.15) is 17.0 Å². The highest BCUT2D eigenvalue weighted by molar-refractivity contribution is 7.09. The quantitative estimate of drug-likeness (QED) is 0.828. The zero-order valence-electron chi connectivity index (χ0n) is 10.4. The van der Waals surface area contributed by atoms with E-state index in [0.717, 1.165) is 17.0 Å². The van der Waals surface area contributed by atoms with Crippen molar-refractivity contribution in [1.82, 2.24) is 9.88 Å². The molecule has 0 aliphatic rings. The van der Waals surface area contributed by atoms with Crippen LogP contribution in [0.3, 0.4) is 0 Å². The van der Waals surface area contributed by atoms with E-state index in [1.165, 1.54) is 0 Å². The van der Waals surface area contributed by atoms with E-state index in [4.69, 9.17) is 0 Å². The van der Waals surface area contributed by atoms with Crippen molar-refractivity contribution in [2.45, 2.75) is 19.4 Å². The summed E-state index contributed by atoms with van der Waals surface area (Å²) in [4.78, 5) is 17.9. The Hall–Kier alpha value is -1.68. The second kappa shape index (κ2) is 6.31. The average molecular weight is 260 g/mol. The minimum Gasteiger partial charge on any atom is -0.341 e. The number of aromatic nitrogens is 1. The van der Waals surface area contributed by atoms with Gasteiger partial charge in [0, 0.05) is 38.0 Å². The summed E-state index contributed by atoms with van der Waals surface area (Å²) in [7, 11) is 1.84. The lowest BCUT2D eigenvalue weighted by atomic mass is 10.2. The van der Waals surface area contributed by atoms with E-state index in [1.807, 2.05) is 42.8 Å². The number of aryl methyl sites for hydroxylation is 1. The number of carbonyl (C=O) groups excluding carboxylic acids is 1. The maximum atomic E-state index is 11.9. The maximum Gasteiger partial charge on any atom is 0.223 e. The second-order valence-corrected chi connectivity index (χ2v) is 5.14. The summed E-state index contributed by atoms with van der Waals surface area (Å²) < 4.78 is 0. The first-order chi connectivity index (χ1) is 8.75. The third kappa shape index (κ3) is 3.67. The molecule has 0 unspecified atom stereocenters. The van der Waals surface area contributed by atoms with Crippen molar-refractivity contribution in [3.63, 3.8) is 0 Å². The summed E-state index contributed by atoms with van der Waals surface area (Å²) >= 11 is 1.60. The Morgan fingerprint density at radius 1 is 1.33 bits per heavy atom. The molecule has 0 bridgehead atoms. The van der Waals surface area contributed by atoms with Crippen LogP contribution in [0, 0.1) is 0 Å². The number of thiazole rings is 1. The summed E-state index contributed by atoms with van der Waals surface area (Å²) in [6.45, 7) is 0.664. The van der Waals surface area contributed by atoms with Crippen LogP contribution in [0.5, 0.6) is 0 Å². The normalized spacial score (nSPS) is 10.3. The smallest absolute Gasteiger partial charge is 0.223 e. The number of hydrogen-bond acceptors (Lipinski definition) is 3. The molecule has 3 nitrogen and oxygen atoms in total. The molecule has 0 atom stereocenters. The monoisotopic (exact) mass is 260 g/mol. The molecule has 0 fully saturated rings. The van der Waals surface area contributed by atoms with E-state index in [1.54, 1.807) is 22.4 Å². The molecule has 0 aliphatic carbocycles. The zero-order chi connectivity index (χ0) is 12.8. The average Bonchev–Trinajstić information content (AvgIpc) is 2.90. The van der Waals surface area contributed by atoms with Gasteiger partial charge in [0.1, 0.15) is 0 Å². The van der Waals surface area contributed by atoms with Gasteiger partial charge in [0.25, 0.3) is 0 Å². The largest absolute Gasteiger partial charge is 0.341 e. The number of hydrogen-bond donors (Lipinski definition) is 0. The first kappa shape index (κ1) is 12.8. The molecular formula is C14H16N2OS. The van der Waals surface area contributed by atoms with Gasteiger partial charge in [-0.1, -0.05) is 30.3 Å². The molecule has 1 aromatic heterocycles. The summed E-state index contributed by atoms with van der Waals surface area (Å²) in [5, 5.41) is 2.96. The van der Waals surface area contributed by atoms with Crippen LogP contribution < -0.4 is 0 Å². The van der Waals surface area contributed by atoms with Crippen molar-refractivity contribution in [2.75, 3.05) is 7.05 Å². The van der Waals surface area contributed by atoms with Crippen LogP contribution in [-0.4, -0.2) is 22.8 Å². The molecule has 4 heteroatoms. The highest BCUT2D eigenvalue weighted by Crippen LogP contribution is 2.09. The van der Waals surface area contributed by atoms with Gasteiger partial charge in [-0.2, -0.15) is 0 Å². The number of nitrogens with zero attached hydrogens (tertiary/aromatic N) is 2. The summed E-state index contributed by atoms with van der Waals surface area (Å²) in [5.41, 5.74) is 1.16. The molecule has 0 aliphatic heterocycles. The number of amides is 1. The number of benzene rings is 1. The fraction of sp³-hybridized carbons (Fsp3) is 0.286. The van der Waals surface area contributed by atoms with E-state index in [-0.39, 0.29) is 5.91 Å². The van der Waals surface area contributed by atoms with Crippen LogP contribution in [-0.2, 0) is 17.8 Å². The van der Waals surface area contributed by atoms with Gasteiger partial charge in [0.05, 0.1) is 5.01 Å². The van der Waals surface area contributed by atoms with Crippen LogP contribution in [0.25, 0.3) is 0 Å². The second-order valence-electron chi connectivity index (χ2n) is 4.16. The molecule has 2 rings (SSSR count). The topological polar surface area (TPSA) is 33.2 Å². The lowest BCUT2D eigenvalue weighted by Crippen LogP contribution is -2.26. The predicted octanol–water partition coefficient (Wildman–Crippen LogP) is 2.73. The minimum atomic E-state index is 0.161. The van der Waals surface area contributed by atoms with Crippen molar-refractivity contribution in [1.29, 1.82) is 0 Å². The zero-order valence-corrected chi connectivity index (χ0v) is 11.2. The summed E-state index contributed by atoms with van der Waals surface area (Å²) in [5.74, 6) is 0.161. The third-order valence-corrected chi connectivity index (χ3v) is 3.56. The summed E-state index contributed by atoms with van der Waals surface area (Å²) in [6, 6.07) is 10.0. The van der Waals surface area contributed by atoms with E-state index in [9.17, 15) is 4.79 Å². The van der Waals surface area contributed by atoms with Crippen molar-refractivity contribution in [3.8, 4) is 0 Å². The molecular weight excluding hydrogens is 244 g/mol. The molecule has 1 aromatic carbocycles. The Morgan fingerprint density at radius 3 is 2.78 bits per heavy atom. The van der Waals surface area contributed by atoms with Crippen molar-refractivity contribution in [2.24, 2.45) is 0 Å². The predicted molar refractivity (Wildman–Crippen MR) is 73.4 cm³/mol. The van der Waals surface area contributed by atoms with Crippen molar-refractivity contribution >= 4 is 17.2 Å². The maximum absolute atomic E-state index is 11.9. The van der Waals surface area contributed by atoms with Crippen LogP contribution in [0.4, 0.5) is 0 Å². The molecule has 18 heavy (non-hydrogen) atoms. The Balaban J connectivity index is 1.82. The first-order valence-corrected chi connectivity index (χ1v) is 6.80. The van der Waals surface area contributed by atoms with E-state index in [0.29, 0.717) is 13.0 Å². The minimum absolute atomic E-state index is 0.161. The SMILES string of the molecule is CN(Cc1ccccc1)C(=O)CCc1nccs1. The fourth-order valence-electron chi connectivity index (χ4n) is 1.73. The summed E-state index contributed by atoms with van der Waals surface area (Å²) in [6.07, 6.45) is 3.03. The van der Waals surface area contributed by atoms with E-state index in [2.05, 4.69) is 4.98 Å². The highest BCUT2D eigenvalue weighted by Gasteiger charge is 2.09.